The summed E-state index contributed by atoms with van der Waals surface area (Å²) in [6.45, 7) is 0.550. The first-order valence-corrected chi connectivity index (χ1v) is 13.5. The summed E-state index contributed by atoms with van der Waals surface area (Å²) >= 11 is 0. The zero-order valence-corrected chi connectivity index (χ0v) is 23.0. The van der Waals surface area contributed by atoms with Crippen molar-refractivity contribution in [2.24, 2.45) is 0 Å². The summed E-state index contributed by atoms with van der Waals surface area (Å²) in [5, 5.41) is 3.59. The van der Waals surface area contributed by atoms with Gasteiger partial charge in [-0.05, 0) is 60.2 Å². The Kier molecular flexibility index (Phi) is 8.49. The molecule has 1 atom stereocenters. The van der Waals surface area contributed by atoms with E-state index in [0.717, 1.165) is 23.9 Å². The fraction of sp³-hybridized carbons (Fsp3) is 0.152. The average molecular weight is 589 g/mol. The third-order valence-corrected chi connectivity index (χ3v) is 7.22. The minimum Gasteiger partial charge on any atom is -0.488 e. The first kappa shape index (κ1) is 29.4. The van der Waals surface area contributed by atoms with Crippen molar-refractivity contribution in [2.45, 2.75) is 12.6 Å². The molecule has 0 aliphatic carbocycles. The molecule has 5 rings (SSSR count). The summed E-state index contributed by atoms with van der Waals surface area (Å²) in [6.07, 6.45) is -3.33. The zero-order valence-electron chi connectivity index (χ0n) is 23.0. The number of nitrogens with two attached hydrogens (primary N) is 1. The number of carbonyl (C=O) groups is 2. The number of rotatable bonds is 11. The number of nitrogen functional groups attached to an aromatic ring is 1. The van der Waals surface area contributed by atoms with Gasteiger partial charge in [-0.3, -0.25) is 4.79 Å². The third kappa shape index (κ3) is 6.87. The number of ether oxygens (including phenoxy) is 1. The third-order valence-electron chi connectivity index (χ3n) is 7.22. The highest BCUT2D eigenvalue weighted by atomic mass is 19.4. The van der Waals surface area contributed by atoms with E-state index in [1.807, 2.05) is 18.2 Å². The van der Waals surface area contributed by atoms with Crippen molar-refractivity contribution in [1.82, 2.24) is 4.48 Å². The van der Waals surface area contributed by atoms with Gasteiger partial charge in [0.1, 0.15) is 24.5 Å². The Morgan fingerprint density at radius 1 is 0.907 bits per heavy atom. The van der Waals surface area contributed by atoms with Crippen LogP contribution in [0.2, 0.25) is 0 Å². The van der Waals surface area contributed by atoms with Crippen molar-refractivity contribution in [3.63, 3.8) is 0 Å². The Hall–Kier alpha value is -5.09. The van der Waals surface area contributed by atoms with Crippen LogP contribution in [0.25, 0.3) is 11.0 Å². The second-order valence-electron chi connectivity index (χ2n) is 10.1. The molecule has 0 saturated carbocycles. The van der Waals surface area contributed by atoms with E-state index in [-0.39, 0.29) is 30.1 Å². The zero-order chi connectivity index (χ0) is 30.5. The Bertz CT molecular complexity index is 1680. The molecule has 0 aliphatic heterocycles. The first-order chi connectivity index (χ1) is 20.7. The van der Waals surface area contributed by atoms with E-state index < -0.39 is 11.7 Å². The molecule has 43 heavy (non-hydrogen) atoms. The van der Waals surface area contributed by atoms with Crippen LogP contribution in [-0.4, -0.2) is 32.0 Å². The highest BCUT2D eigenvalue weighted by Gasteiger charge is 2.35. The maximum atomic E-state index is 13.0. The van der Waals surface area contributed by atoms with Crippen LogP contribution in [0.4, 0.5) is 30.4 Å². The number of anilines is 2. The highest BCUT2D eigenvalue weighted by molar-refractivity contribution is 6.05. The second kappa shape index (κ2) is 12.4. The monoisotopic (exact) mass is 588 g/mol. The van der Waals surface area contributed by atoms with Gasteiger partial charge >= 0.3 is 18.5 Å². The quantitative estimate of drug-likeness (QED) is 0.0978. The number of alkyl halides is 3. The molecule has 0 fully saturated rings. The molecule has 10 heteroatoms. The Balaban J connectivity index is 1.29. The summed E-state index contributed by atoms with van der Waals surface area (Å²) in [4.78, 5) is 25.3. The van der Waals surface area contributed by atoms with Gasteiger partial charge in [-0.1, -0.05) is 42.5 Å². The van der Waals surface area contributed by atoms with E-state index in [4.69, 9.17) is 14.9 Å². The lowest BCUT2D eigenvalue weighted by Crippen LogP contribution is -2.51. The van der Waals surface area contributed by atoms with Crippen LogP contribution in [0.15, 0.2) is 108 Å². The fourth-order valence-electron chi connectivity index (χ4n) is 4.70. The van der Waals surface area contributed by atoms with Crippen molar-refractivity contribution in [2.75, 3.05) is 30.7 Å². The van der Waals surface area contributed by atoms with Gasteiger partial charge in [0.2, 0.25) is 0 Å². The molecule has 0 radical (unpaired) electrons. The molecule has 0 aliphatic rings. The average Bonchev–Trinajstić information content (AvgIpc) is 3.45. The second-order valence-corrected chi connectivity index (χ2v) is 10.1. The van der Waals surface area contributed by atoms with Gasteiger partial charge in [-0.2, -0.15) is 17.7 Å². The number of fused-ring (bicyclic) bond motifs is 1. The van der Waals surface area contributed by atoms with Crippen LogP contribution in [0.5, 0.6) is 5.75 Å². The molecule has 1 aromatic heterocycles. The highest BCUT2D eigenvalue weighted by Crippen LogP contribution is 2.32. The molecule has 7 nitrogen and oxygen atoms in total. The minimum atomic E-state index is -4.43. The van der Waals surface area contributed by atoms with E-state index in [1.54, 1.807) is 60.7 Å². The SMILES string of the molecule is Nc1ccccc1NC(=O)c1ccc(OCC[N+](C=O)(CCc2ccc(C(F)(F)F)cc2)c2cc3ccccc3o2)cc1. The van der Waals surface area contributed by atoms with E-state index in [0.29, 0.717) is 46.1 Å². The van der Waals surface area contributed by atoms with Crippen LogP contribution in [0.3, 0.4) is 0 Å². The molecule has 0 spiro atoms. The number of carbonyl (C=O) groups excluding carboxylic acids is 2. The van der Waals surface area contributed by atoms with Crippen molar-refractivity contribution < 1.29 is 31.9 Å². The van der Waals surface area contributed by atoms with Crippen molar-refractivity contribution in [3.05, 3.63) is 120 Å². The molecule has 5 aromatic rings. The number of amides is 2. The van der Waals surface area contributed by atoms with E-state index in [2.05, 4.69) is 5.32 Å². The Morgan fingerprint density at radius 2 is 1.60 bits per heavy atom. The number of hydrogen-bond donors (Lipinski definition) is 2. The lowest BCUT2D eigenvalue weighted by Gasteiger charge is -2.28. The van der Waals surface area contributed by atoms with Gasteiger partial charge in [0.05, 0.1) is 29.5 Å². The van der Waals surface area contributed by atoms with Crippen molar-refractivity contribution >= 4 is 40.5 Å². The van der Waals surface area contributed by atoms with Gasteiger partial charge < -0.3 is 20.2 Å². The van der Waals surface area contributed by atoms with Gasteiger partial charge in [0.25, 0.3) is 5.91 Å². The standard InChI is InChI=1S/C33H28F3N3O4/c34-33(35,36)26-13-9-23(10-14-26)17-18-39(22-40,31-21-25-5-1-4-8-30(25)43-31)19-20-42-27-15-11-24(12-16-27)32(41)38-29-7-3-2-6-28(29)37/h1-16,21-22H,17-20,37H2/p+1. The number of nitrogens with zero attached hydrogens (tertiary/aromatic N) is 1. The van der Waals surface area contributed by atoms with Crippen LogP contribution < -0.4 is 20.3 Å². The number of halogens is 3. The Morgan fingerprint density at radius 3 is 2.28 bits per heavy atom. The maximum Gasteiger partial charge on any atom is 0.416 e. The minimum absolute atomic E-state index is 0.120. The number of furan rings is 1. The number of para-hydroxylation sites is 3. The predicted octanol–water partition coefficient (Wildman–Crippen LogP) is 7.07. The molecule has 1 heterocycles. The van der Waals surface area contributed by atoms with E-state index in [1.165, 1.54) is 12.1 Å². The van der Waals surface area contributed by atoms with Crippen LogP contribution in [-0.2, 0) is 17.4 Å². The van der Waals surface area contributed by atoms with E-state index in [9.17, 15) is 22.8 Å². The molecule has 0 saturated heterocycles. The Labute approximate surface area is 245 Å². The number of quaternary nitrogens is 1. The normalized spacial score (nSPS) is 12.9. The van der Waals surface area contributed by atoms with Gasteiger partial charge in [-0.15, -0.1) is 0 Å². The lowest BCUT2D eigenvalue weighted by molar-refractivity contribution is -0.137. The molecular weight excluding hydrogens is 559 g/mol. The summed E-state index contributed by atoms with van der Waals surface area (Å²) in [5.41, 5.74) is 7.82. The molecule has 220 valence electrons. The lowest BCUT2D eigenvalue weighted by atomic mass is 10.1. The smallest absolute Gasteiger partial charge is 0.416 e. The number of nitrogens with one attached hydrogen (secondary N) is 1. The molecule has 1 unspecified atom stereocenters. The number of benzene rings is 4. The summed E-state index contributed by atoms with van der Waals surface area (Å²) < 4.78 is 50.8. The molecule has 2 amide bonds. The van der Waals surface area contributed by atoms with Crippen molar-refractivity contribution in [1.29, 1.82) is 0 Å². The molecule has 4 aromatic carbocycles. The van der Waals surface area contributed by atoms with Crippen LogP contribution in [0, 0.1) is 0 Å². The van der Waals surface area contributed by atoms with Crippen LogP contribution in [0.1, 0.15) is 21.5 Å². The summed E-state index contributed by atoms with van der Waals surface area (Å²) in [7, 11) is 0. The predicted molar refractivity (Wildman–Crippen MR) is 160 cm³/mol. The van der Waals surface area contributed by atoms with Gasteiger partial charge in [0.15, 0.2) is 0 Å². The number of hydrogen-bond acceptors (Lipinski definition) is 5. The van der Waals surface area contributed by atoms with Gasteiger partial charge in [-0.25, -0.2) is 4.79 Å². The summed E-state index contributed by atoms with van der Waals surface area (Å²) in [5.74, 6) is 0.570. The first-order valence-electron chi connectivity index (χ1n) is 13.5. The van der Waals surface area contributed by atoms with Crippen molar-refractivity contribution in [3.8, 4) is 5.75 Å². The largest absolute Gasteiger partial charge is 0.488 e. The molecular formula is C33H29F3N3O4+. The fourth-order valence-corrected chi connectivity index (χ4v) is 4.70. The molecule has 0 bridgehead atoms. The van der Waals surface area contributed by atoms with Gasteiger partial charge in [0, 0.05) is 17.4 Å². The molecule has 3 N–H and O–H groups in total. The van der Waals surface area contributed by atoms with Crippen LogP contribution >= 0.6 is 0 Å². The maximum absolute atomic E-state index is 13.0. The van der Waals surface area contributed by atoms with E-state index >= 15 is 0 Å². The topological polar surface area (TPSA) is 94.6 Å². The summed E-state index contributed by atoms with van der Waals surface area (Å²) in [6, 6.07) is 27.6.